The molecule has 14 heavy (non-hydrogen) atoms. The van der Waals surface area contributed by atoms with Gasteiger partial charge in [-0.05, 0) is 23.8 Å². The third-order valence-electron chi connectivity index (χ3n) is 1.75. The van der Waals surface area contributed by atoms with E-state index in [2.05, 4.69) is 31.9 Å². The molecule has 0 saturated carbocycles. The third-order valence-corrected chi connectivity index (χ3v) is 2.87. The summed E-state index contributed by atoms with van der Waals surface area (Å²) < 4.78 is 13.5. The molecule has 0 radical (unpaired) electrons. The van der Waals surface area contributed by atoms with Crippen LogP contribution in [0.2, 0.25) is 0 Å². The van der Waals surface area contributed by atoms with Crippen molar-refractivity contribution in [3.05, 3.63) is 34.1 Å². The molecule has 1 aromatic carbocycles. The summed E-state index contributed by atoms with van der Waals surface area (Å²) in [4.78, 5) is 0. The fraction of sp³-hybridized carbons (Fsp3) is 0.333. The van der Waals surface area contributed by atoms with E-state index in [-0.39, 0.29) is 5.33 Å². The zero-order valence-corrected chi connectivity index (χ0v) is 10.3. The number of aliphatic hydroxyl groups excluding tert-OH is 2. The van der Waals surface area contributed by atoms with Gasteiger partial charge in [0.05, 0.1) is 6.10 Å². The van der Waals surface area contributed by atoms with Gasteiger partial charge in [-0.1, -0.05) is 31.9 Å². The van der Waals surface area contributed by atoms with Gasteiger partial charge in [-0.15, -0.1) is 0 Å². The van der Waals surface area contributed by atoms with E-state index < -0.39 is 18.0 Å². The van der Waals surface area contributed by atoms with Crippen molar-refractivity contribution in [1.29, 1.82) is 0 Å². The molecule has 0 spiro atoms. The topological polar surface area (TPSA) is 40.5 Å². The van der Waals surface area contributed by atoms with Gasteiger partial charge in [-0.25, -0.2) is 4.39 Å². The van der Waals surface area contributed by atoms with Crippen molar-refractivity contribution in [1.82, 2.24) is 0 Å². The Bertz CT molecular complexity index is 299. The lowest BCUT2D eigenvalue weighted by Crippen LogP contribution is -2.19. The normalized spacial score (nSPS) is 15.2. The molecule has 2 unspecified atom stereocenters. The molecule has 0 amide bonds. The molecule has 5 heteroatoms. The van der Waals surface area contributed by atoms with Gasteiger partial charge in [0.2, 0.25) is 0 Å². The van der Waals surface area contributed by atoms with Gasteiger partial charge in [0, 0.05) is 9.80 Å². The summed E-state index contributed by atoms with van der Waals surface area (Å²) in [6.07, 6.45) is -2.02. The molecule has 0 bridgehead atoms. The molecule has 0 aliphatic rings. The number of hydrogen-bond acceptors (Lipinski definition) is 2. The first kappa shape index (κ1) is 12.1. The summed E-state index contributed by atoms with van der Waals surface area (Å²) in [5, 5.41) is 19.1. The van der Waals surface area contributed by atoms with Crippen LogP contribution in [0.5, 0.6) is 0 Å². The number of rotatable bonds is 3. The third kappa shape index (κ3) is 3.02. The standard InChI is InChI=1S/C9H9Br2FO2/c10-4-8(13)9(14)5-1-6(11)3-7(12)2-5/h1-3,8-9,13-14H,4H2. The minimum Gasteiger partial charge on any atom is -0.389 e. The Kier molecular flexibility index (Phi) is 4.50. The summed E-state index contributed by atoms with van der Waals surface area (Å²) in [7, 11) is 0. The van der Waals surface area contributed by atoms with E-state index in [4.69, 9.17) is 0 Å². The van der Waals surface area contributed by atoms with Crippen molar-refractivity contribution < 1.29 is 14.6 Å². The molecule has 78 valence electrons. The Balaban J connectivity index is 2.94. The smallest absolute Gasteiger partial charge is 0.124 e. The van der Waals surface area contributed by atoms with Crippen molar-refractivity contribution in [3.8, 4) is 0 Å². The van der Waals surface area contributed by atoms with Gasteiger partial charge in [0.1, 0.15) is 11.9 Å². The molecule has 0 aliphatic carbocycles. The Morgan fingerprint density at radius 3 is 2.43 bits per heavy atom. The van der Waals surface area contributed by atoms with Crippen molar-refractivity contribution in [3.63, 3.8) is 0 Å². The van der Waals surface area contributed by atoms with Crippen molar-refractivity contribution >= 4 is 31.9 Å². The highest BCUT2D eigenvalue weighted by molar-refractivity contribution is 9.10. The highest BCUT2D eigenvalue weighted by Gasteiger charge is 2.17. The highest BCUT2D eigenvalue weighted by atomic mass is 79.9. The van der Waals surface area contributed by atoms with Crippen LogP contribution in [-0.2, 0) is 0 Å². The summed E-state index contributed by atoms with van der Waals surface area (Å²) in [6.45, 7) is 0. The summed E-state index contributed by atoms with van der Waals surface area (Å²) in [5.41, 5.74) is 0.351. The van der Waals surface area contributed by atoms with E-state index in [1.165, 1.54) is 12.1 Å². The van der Waals surface area contributed by atoms with Crippen molar-refractivity contribution in [2.75, 3.05) is 5.33 Å². The number of alkyl halides is 1. The van der Waals surface area contributed by atoms with E-state index >= 15 is 0 Å². The Hall–Kier alpha value is 0.0300. The lowest BCUT2D eigenvalue weighted by molar-refractivity contribution is 0.0340. The van der Waals surface area contributed by atoms with E-state index in [1.54, 1.807) is 6.07 Å². The van der Waals surface area contributed by atoms with E-state index in [9.17, 15) is 14.6 Å². The zero-order chi connectivity index (χ0) is 10.7. The summed E-state index contributed by atoms with van der Waals surface area (Å²) >= 11 is 6.14. The largest absolute Gasteiger partial charge is 0.389 e. The predicted octanol–water partition coefficient (Wildman–Crippen LogP) is 2.38. The molecule has 0 fully saturated rings. The maximum absolute atomic E-state index is 12.9. The Morgan fingerprint density at radius 1 is 1.29 bits per heavy atom. The van der Waals surface area contributed by atoms with Crippen LogP contribution in [0.15, 0.2) is 22.7 Å². The molecule has 2 atom stereocenters. The minimum absolute atomic E-state index is 0.238. The lowest BCUT2D eigenvalue weighted by atomic mass is 10.1. The average Bonchev–Trinajstić information content (AvgIpc) is 2.14. The van der Waals surface area contributed by atoms with Crippen molar-refractivity contribution in [2.24, 2.45) is 0 Å². The van der Waals surface area contributed by atoms with Gasteiger partial charge in [0.25, 0.3) is 0 Å². The van der Waals surface area contributed by atoms with E-state index in [0.717, 1.165) is 0 Å². The fourth-order valence-corrected chi connectivity index (χ4v) is 1.89. The fourth-order valence-electron chi connectivity index (χ4n) is 1.05. The van der Waals surface area contributed by atoms with Crippen LogP contribution in [0.4, 0.5) is 4.39 Å². The van der Waals surface area contributed by atoms with Crippen LogP contribution in [0.25, 0.3) is 0 Å². The van der Waals surface area contributed by atoms with Gasteiger partial charge >= 0.3 is 0 Å². The molecule has 0 aliphatic heterocycles. The average molecular weight is 328 g/mol. The van der Waals surface area contributed by atoms with Gasteiger partial charge in [0.15, 0.2) is 0 Å². The minimum atomic E-state index is -1.08. The van der Waals surface area contributed by atoms with E-state index in [0.29, 0.717) is 10.0 Å². The highest BCUT2D eigenvalue weighted by Crippen LogP contribution is 2.23. The Morgan fingerprint density at radius 2 is 1.93 bits per heavy atom. The lowest BCUT2D eigenvalue weighted by Gasteiger charge is -2.16. The molecular weight excluding hydrogens is 319 g/mol. The molecule has 2 N–H and O–H groups in total. The second-order valence-corrected chi connectivity index (χ2v) is 4.43. The predicted molar refractivity (Wildman–Crippen MR) is 58.9 cm³/mol. The number of halogens is 3. The van der Waals surface area contributed by atoms with Crippen LogP contribution in [0.1, 0.15) is 11.7 Å². The van der Waals surface area contributed by atoms with Crippen LogP contribution < -0.4 is 0 Å². The van der Waals surface area contributed by atoms with Crippen LogP contribution in [0, 0.1) is 5.82 Å². The second kappa shape index (κ2) is 5.21. The number of benzene rings is 1. The maximum atomic E-state index is 12.9. The van der Waals surface area contributed by atoms with Crippen molar-refractivity contribution in [2.45, 2.75) is 12.2 Å². The van der Waals surface area contributed by atoms with Gasteiger partial charge in [-0.2, -0.15) is 0 Å². The number of aliphatic hydroxyl groups is 2. The molecule has 2 nitrogen and oxygen atoms in total. The maximum Gasteiger partial charge on any atom is 0.124 e. The van der Waals surface area contributed by atoms with Crippen LogP contribution in [0.3, 0.4) is 0 Å². The molecule has 0 heterocycles. The number of hydrogen-bond donors (Lipinski definition) is 2. The monoisotopic (exact) mass is 326 g/mol. The first-order chi connectivity index (χ1) is 6.54. The first-order valence-corrected chi connectivity index (χ1v) is 5.84. The SMILES string of the molecule is OC(CBr)C(O)c1cc(F)cc(Br)c1. The van der Waals surface area contributed by atoms with Crippen LogP contribution >= 0.6 is 31.9 Å². The molecule has 1 aromatic rings. The zero-order valence-electron chi connectivity index (χ0n) is 7.12. The van der Waals surface area contributed by atoms with Crippen LogP contribution in [-0.4, -0.2) is 21.6 Å². The second-order valence-electron chi connectivity index (χ2n) is 2.87. The molecule has 0 saturated heterocycles. The summed E-state index contributed by atoms with van der Waals surface area (Å²) in [5.74, 6) is -0.449. The summed E-state index contributed by atoms with van der Waals surface area (Å²) in [6, 6.07) is 4.05. The molecule has 0 aromatic heterocycles. The quantitative estimate of drug-likeness (QED) is 0.837. The van der Waals surface area contributed by atoms with E-state index in [1.807, 2.05) is 0 Å². The Labute approximate surface area is 98.0 Å². The molecular formula is C9H9Br2FO2. The van der Waals surface area contributed by atoms with Gasteiger partial charge in [-0.3, -0.25) is 0 Å². The van der Waals surface area contributed by atoms with Gasteiger partial charge < -0.3 is 10.2 Å². The molecule has 1 rings (SSSR count). The first-order valence-electron chi connectivity index (χ1n) is 3.92.